The molecule has 0 aliphatic rings. The van der Waals surface area contributed by atoms with Crippen LogP contribution in [0, 0.1) is 0 Å². The van der Waals surface area contributed by atoms with Crippen molar-refractivity contribution in [3.8, 4) is 0 Å². The van der Waals surface area contributed by atoms with Gasteiger partial charge in [-0.25, -0.2) is 0 Å². The average molecular weight is 220 g/mol. The zero-order valence-corrected chi connectivity index (χ0v) is 10.2. The van der Waals surface area contributed by atoms with Gasteiger partial charge in [0.25, 0.3) is 0 Å². The van der Waals surface area contributed by atoms with Gasteiger partial charge >= 0.3 is 0 Å². The van der Waals surface area contributed by atoms with Crippen molar-refractivity contribution >= 4 is 11.6 Å². The number of nitrogens with one attached hydrogen (secondary N) is 1. The summed E-state index contributed by atoms with van der Waals surface area (Å²) >= 11 is 0. The fourth-order valence-corrected chi connectivity index (χ4v) is 1.41. The van der Waals surface area contributed by atoms with E-state index in [4.69, 9.17) is 5.73 Å². The summed E-state index contributed by atoms with van der Waals surface area (Å²) in [5.41, 5.74) is 6.91. The van der Waals surface area contributed by atoms with Crippen LogP contribution in [0.5, 0.6) is 0 Å². The molecule has 1 aromatic rings. The Hall–Kier alpha value is -1.35. The maximum absolute atomic E-state index is 11.8. The first-order valence-electron chi connectivity index (χ1n) is 5.63. The van der Waals surface area contributed by atoms with Crippen LogP contribution in [-0.4, -0.2) is 11.4 Å². The third-order valence-corrected chi connectivity index (χ3v) is 2.37. The molecule has 0 saturated heterocycles. The van der Waals surface area contributed by atoms with Crippen LogP contribution in [-0.2, 0) is 11.2 Å². The van der Waals surface area contributed by atoms with E-state index in [-0.39, 0.29) is 5.91 Å². The third-order valence-electron chi connectivity index (χ3n) is 2.37. The highest BCUT2D eigenvalue weighted by Gasteiger charge is 2.22. The van der Waals surface area contributed by atoms with Gasteiger partial charge in [0.2, 0.25) is 5.91 Å². The van der Waals surface area contributed by atoms with E-state index in [9.17, 15) is 4.79 Å². The van der Waals surface area contributed by atoms with E-state index >= 15 is 0 Å². The second kappa shape index (κ2) is 5.12. The second-order valence-electron chi connectivity index (χ2n) is 4.58. The molecule has 1 rings (SSSR count). The Labute approximate surface area is 97.0 Å². The Morgan fingerprint density at radius 3 is 2.56 bits per heavy atom. The van der Waals surface area contributed by atoms with Crippen LogP contribution >= 0.6 is 0 Å². The first-order valence-corrected chi connectivity index (χ1v) is 5.63. The molecule has 3 nitrogen and oxygen atoms in total. The summed E-state index contributed by atoms with van der Waals surface area (Å²) < 4.78 is 0. The number of rotatable bonds is 4. The zero-order chi connectivity index (χ0) is 12.2. The van der Waals surface area contributed by atoms with E-state index in [2.05, 4.69) is 12.2 Å². The van der Waals surface area contributed by atoms with Gasteiger partial charge < -0.3 is 11.1 Å². The molecule has 3 N–H and O–H groups in total. The molecule has 0 aliphatic carbocycles. The van der Waals surface area contributed by atoms with Gasteiger partial charge in [0.1, 0.15) is 0 Å². The average Bonchev–Trinajstić information content (AvgIpc) is 2.20. The monoisotopic (exact) mass is 220 g/mol. The first kappa shape index (κ1) is 12.7. The zero-order valence-electron chi connectivity index (χ0n) is 10.2. The molecule has 0 aromatic heterocycles. The molecule has 0 saturated carbocycles. The molecule has 0 heterocycles. The molecule has 1 amide bonds. The molecule has 0 unspecified atom stereocenters. The number of benzene rings is 1. The molecule has 0 radical (unpaired) electrons. The van der Waals surface area contributed by atoms with Gasteiger partial charge in [0.15, 0.2) is 0 Å². The van der Waals surface area contributed by atoms with E-state index in [1.165, 1.54) is 0 Å². The van der Waals surface area contributed by atoms with Gasteiger partial charge in [-0.15, -0.1) is 0 Å². The van der Waals surface area contributed by atoms with Gasteiger partial charge in [0.05, 0.1) is 5.54 Å². The van der Waals surface area contributed by atoms with Crippen molar-refractivity contribution < 1.29 is 4.79 Å². The minimum Gasteiger partial charge on any atom is -0.324 e. The van der Waals surface area contributed by atoms with E-state index in [1.807, 2.05) is 24.3 Å². The smallest absolute Gasteiger partial charge is 0.243 e. The fraction of sp³-hybridized carbons (Fsp3) is 0.462. The topological polar surface area (TPSA) is 55.1 Å². The van der Waals surface area contributed by atoms with Gasteiger partial charge in [-0.3, -0.25) is 4.79 Å². The predicted molar refractivity (Wildman–Crippen MR) is 67.3 cm³/mol. The summed E-state index contributed by atoms with van der Waals surface area (Å²) in [4.78, 5) is 11.8. The molecule has 16 heavy (non-hydrogen) atoms. The maximum Gasteiger partial charge on any atom is 0.243 e. The quantitative estimate of drug-likeness (QED) is 0.818. The fourth-order valence-electron chi connectivity index (χ4n) is 1.41. The lowest BCUT2D eigenvalue weighted by molar-refractivity contribution is -0.120. The van der Waals surface area contributed by atoms with Crippen molar-refractivity contribution in [1.82, 2.24) is 0 Å². The molecular weight excluding hydrogens is 200 g/mol. The highest BCUT2D eigenvalue weighted by atomic mass is 16.2. The standard InChI is InChI=1S/C13H20N2O/c1-4-7-10-8-5-6-9-11(10)15-12(16)13(2,3)14/h5-6,8-9H,4,7,14H2,1-3H3,(H,15,16). The van der Waals surface area contributed by atoms with Crippen LogP contribution in [0.15, 0.2) is 24.3 Å². The van der Waals surface area contributed by atoms with Crippen molar-refractivity contribution in [2.24, 2.45) is 5.73 Å². The van der Waals surface area contributed by atoms with Crippen molar-refractivity contribution in [2.75, 3.05) is 5.32 Å². The summed E-state index contributed by atoms with van der Waals surface area (Å²) in [6, 6.07) is 7.84. The van der Waals surface area contributed by atoms with Gasteiger partial charge in [-0.1, -0.05) is 31.5 Å². The number of carbonyl (C=O) groups is 1. The largest absolute Gasteiger partial charge is 0.324 e. The number of amides is 1. The summed E-state index contributed by atoms with van der Waals surface area (Å²) in [6.45, 7) is 5.51. The Morgan fingerprint density at radius 2 is 2.00 bits per heavy atom. The van der Waals surface area contributed by atoms with Crippen molar-refractivity contribution in [1.29, 1.82) is 0 Å². The van der Waals surface area contributed by atoms with Gasteiger partial charge in [0, 0.05) is 5.69 Å². The lowest BCUT2D eigenvalue weighted by atomic mass is 10.0. The second-order valence-corrected chi connectivity index (χ2v) is 4.58. The Kier molecular flexibility index (Phi) is 4.07. The maximum atomic E-state index is 11.8. The highest BCUT2D eigenvalue weighted by molar-refractivity contribution is 5.97. The Morgan fingerprint density at radius 1 is 1.38 bits per heavy atom. The molecule has 0 fully saturated rings. The number of para-hydroxylation sites is 1. The minimum absolute atomic E-state index is 0.156. The van der Waals surface area contributed by atoms with Crippen LogP contribution < -0.4 is 11.1 Å². The molecule has 0 spiro atoms. The van der Waals surface area contributed by atoms with Crippen LogP contribution in [0.3, 0.4) is 0 Å². The summed E-state index contributed by atoms with van der Waals surface area (Å²) in [5, 5.41) is 2.87. The molecule has 3 heteroatoms. The van der Waals surface area contributed by atoms with E-state index in [0.717, 1.165) is 24.1 Å². The number of hydrogen-bond acceptors (Lipinski definition) is 2. The lowest BCUT2D eigenvalue weighted by Gasteiger charge is -2.19. The van der Waals surface area contributed by atoms with E-state index in [0.29, 0.717) is 0 Å². The van der Waals surface area contributed by atoms with Crippen molar-refractivity contribution in [3.05, 3.63) is 29.8 Å². The SMILES string of the molecule is CCCc1ccccc1NC(=O)C(C)(C)N. The summed E-state index contributed by atoms with van der Waals surface area (Å²) in [6.07, 6.45) is 2.01. The minimum atomic E-state index is -0.848. The van der Waals surface area contributed by atoms with Gasteiger partial charge in [-0.2, -0.15) is 0 Å². The lowest BCUT2D eigenvalue weighted by Crippen LogP contribution is -2.45. The number of anilines is 1. The molecule has 1 aromatic carbocycles. The van der Waals surface area contributed by atoms with Crippen LogP contribution in [0.25, 0.3) is 0 Å². The molecule has 88 valence electrons. The summed E-state index contributed by atoms with van der Waals surface area (Å²) in [5.74, 6) is -0.156. The molecule has 0 bridgehead atoms. The van der Waals surface area contributed by atoms with E-state index in [1.54, 1.807) is 13.8 Å². The number of aryl methyl sites for hydroxylation is 1. The normalized spacial score (nSPS) is 11.2. The first-order chi connectivity index (χ1) is 7.45. The van der Waals surface area contributed by atoms with Crippen molar-refractivity contribution in [2.45, 2.75) is 39.2 Å². The highest BCUT2D eigenvalue weighted by Crippen LogP contribution is 2.17. The van der Waals surface area contributed by atoms with E-state index < -0.39 is 5.54 Å². The number of carbonyl (C=O) groups excluding carboxylic acids is 1. The molecule has 0 atom stereocenters. The molecular formula is C13H20N2O. The predicted octanol–water partition coefficient (Wildman–Crippen LogP) is 2.31. The van der Waals surface area contributed by atoms with Crippen LogP contribution in [0.2, 0.25) is 0 Å². The van der Waals surface area contributed by atoms with Crippen LogP contribution in [0.1, 0.15) is 32.8 Å². The molecule has 0 aliphatic heterocycles. The van der Waals surface area contributed by atoms with Crippen molar-refractivity contribution in [3.63, 3.8) is 0 Å². The summed E-state index contributed by atoms with van der Waals surface area (Å²) in [7, 11) is 0. The van der Waals surface area contributed by atoms with Gasteiger partial charge in [-0.05, 0) is 31.9 Å². The number of nitrogens with two attached hydrogens (primary N) is 1. The Bertz CT molecular complexity index is 366. The third kappa shape index (κ3) is 3.35. The van der Waals surface area contributed by atoms with Crippen LogP contribution in [0.4, 0.5) is 5.69 Å². The number of hydrogen-bond donors (Lipinski definition) is 2. The Balaban J connectivity index is 2.84.